The van der Waals surface area contributed by atoms with E-state index in [4.69, 9.17) is 15.2 Å². The molecule has 2 rings (SSSR count). The molecule has 2 aromatic carbocycles. The number of hydrogen-bond donors (Lipinski definition) is 3. The van der Waals surface area contributed by atoms with E-state index in [0.717, 1.165) is 22.6 Å². The molecule has 0 spiro atoms. The third kappa shape index (κ3) is 5.70. The summed E-state index contributed by atoms with van der Waals surface area (Å²) in [4.78, 5) is 22.9. The SMILES string of the molecule is COc1ccc(C[C@@H](NC(=O)CNC(N)=O)c2ccc(OC)cc2)cc1. The highest BCUT2D eigenvalue weighted by atomic mass is 16.5. The Bertz CT molecular complexity index is 729. The van der Waals surface area contributed by atoms with Crippen LogP contribution in [0.3, 0.4) is 0 Å². The zero-order chi connectivity index (χ0) is 18.9. The molecule has 3 amide bonds. The number of amides is 3. The normalized spacial score (nSPS) is 11.3. The molecule has 0 saturated carbocycles. The van der Waals surface area contributed by atoms with Gasteiger partial charge in [-0.1, -0.05) is 24.3 Å². The Kier molecular flexibility index (Phi) is 6.84. The van der Waals surface area contributed by atoms with Gasteiger partial charge in [0, 0.05) is 0 Å². The smallest absolute Gasteiger partial charge is 0.312 e. The molecule has 7 heteroatoms. The van der Waals surface area contributed by atoms with E-state index in [1.54, 1.807) is 14.2 Å². The number of methoxy groups -OCH3 is 2. The Morgan fingerprint density at radius 3 is 2.00 bits per heavy atom. The van der Waals surface area contributed by atoms with E-state index >= 15 is 0 Å². The molecule has 4 N–H and O–H groups in total. The lowest BCUT2D eigenvalue weighted by Gasteiger charge is -2.20. The van der Waals surface area contributed by atoms with E-state index in [1.165, 1.54) is 0 Å². The molecule has 7 nitrogen and oxygen atoms in total. The molecule has 0 aromatic heterocycles. The van der Waals surface area contributed by atoms with Gasteiger partial charge in [-0.05, 0) is 41.8 Å². The lowest BCUT2D eigenvalue weighted by Crippen LogP contribution is -2.41. The molecule has 0 bridgehead atoms. The van der Waals surface area contributed by atoms with E-state index in [0.29, 0.717) is 6.42 Å². The van der Waals surface area contributed by atoms with Gasteiger partial charge in [-0.25, -0.2) is 4.79 Å². The first-order valence-electron chi connectivity index (χ1n) is 8.11. The van der Waals surface area contributed by atoms with Crippen molar-refractivity contribution in [2.75, 3.05) is 20.8 Å². The molecule has 0 radical (unpaired) electrons. The summed E-state index contributed by atoms with van der Waals surface area (Å²) in [6.07, 6.45) is 0.582. The summed E-state index contributed by atoms with van der Waals surface area (Å²) < 4.78 is 10.3. The van der Waals surface area contributed by atoms with Crippen LogP contribution in [-0.2, 0) is 11.2 Å². The first-order valence-corrected chi connectivity index (χ1v) is 8.11. The zero-order valence-corrected chi connectivity index (χ0v) is 14.8. The molecule has 0 aliphatic rings. The van der Waals surface area contributed by atoms with Crippen molar-refractivity contribution < 1.29 is 19.1 Å². The van der Waals surface area contributed by atoms with Gasteiger partial charge >= 0.3 is 6.03 Å². The molecule has 138 valence electrons. The highest BCUT2D eigenvalue weighted by molar-refractivity contribution is 5.83. The molecule has 0 heterocycles. The molecule has 0 unspecified atom stereocenters. The molecule has 0 aliphatic heterocycles. The maximum atomic E-state index is 12.1. The summed E-state index contributed by atoms with van der Waals surface area (Å²) in [5.41, 5.74) is 6.97. The quantitative estimate of drug-likeness (QED) is 0.670. The minimum atomic E-state index is -0.740. The molecule has 2 aromatic rings. The summed E-state index contributed by atoms with van der Waals surface area (Å²) in [6, 6.07) is 14.1. The summed E-state index contributed by atoms with van der Waals surface area (Å²) in [6.45, 7) is -0.176. The molecule has 1 atom stereocenters. The molecule has 0 saturated heterocycles. The predicted molar refractivity (Wildman–Crippen MR) is 98.2 cm³/mol. The fourth-order valence-electron chi connectivity index (χ4n) is 2.50. The fourth-order valence-corrected chi connectivity index (χ4v) is 2.50. The number of benzene rings is 2. The lowest BCUT2D eigenvalue weighted by molar-refractivity contribution is -0.120. The van der Waals surface area contributed by atoms with Gasteiger partial charge in [0.15, 0.2) is 0 Å². The van der Waals surface area contributed by atoms with Gasteiger partial charge in [-0.15, -0.1) is 0 Å². The maximum absolute atomic E-state index is 12.1. The van der Waals surface area contributed by atoms with E-state index in [2.05, 4.69) is 10.6 Å². The number of carbonyl (C=O) groups excluding carboxylic acids is 2. The van der Waals surface area contributed by atoms with Crippen LogP contribution in [0.2, 0.25) is 0 Å². The Hall–Kier alpha value is -3.22. The number of urea groups is 1. The number of hydrogen-bond acceptors (Lipinski definition) is 4. The van der Waals surface area contributed by atoms with Crippen molar-refractivity contribution >= 4 is 11.9 Å². The second-order valence-electron chi connectivity index (χ2n) is 5.66. The highest BCUT2D eigenvalue weighted by Crippen LogP contribution is 2.22. The van der Waals surface area contributed by atoms with Crippen molar-refractivity contribution in [1.29, 1.82) is 0 Å². The van der Waals surface area contributed by atoms with Crippen LogP contribution in [0.15, 0.2) is 48.5 Å². The van der Waals surface area contributed by atoms with E-state index in [1.807, 2.05) is 48.5 Å². The first kappa shape index (κ1) is 19.1. The Labute approximate surface area is 152 Å². The molecule has 26 heavy (non-hydrogen) atoms. The van der Waals surface area contributed by atoms with Crippen LogP contribution in [0.25, 0.3) is 0 Å². The summed E-state index contributed by atoms with van der Waals surface area (Å²) in [7, 11) is 3.21. The van der Waals surface area contributed by atoms with Crippen LogP contribution in [0, 0.1) is 0 Å². The fraction of sp³-hybridized carbons (Fsp3) is 0.263. The minimum Gasteiger partial charge on any atom is -0.497 e. The van der Waals surface area contributed by atoms with Gasteiger partial charge in [0.25, 0.3) is 0 Å². The van der Waals surface area contributed by atoms with Crippen LogP contribution >= 0.6 is 0 Å². The maximum Gasteiger partial charge on any atom is 0.312 e. The van der Waals surface area contributed by atoms with Gasteiger partial charge in [0.2, 0.25) is 5.91 Å². The number of rotatable bonds is 8. The average Bonchev–Trinajstić information content (AvgIpc) is 2.66. The summed E-state index contributed by atoms with van der Waals surface area (Å²) in [5, 5.41) is 5.21. The molecular formula is C19H23N3O4. The van der Waals surface area contributed by atoms with Gasteiger partial charge < -0.3 is 25.8 Å². The van der Waals surface area contributed by atoms with Gasteiger partial charge in [0.05, 0.1) is 26.8 Å². The van der Waals surface area contributed by atoms with E-state index in [-0.39, 0.29) is 18.5 Å². The average molecular weight is 357 g/mol. The van der Waals surface area contributed by atoms with Crippen LogP contribution in [-0.4, -0.2) is 32.7 Å². The highest BCUT2D eigenvalue weighted by Gasteiger charge is 2.16. The Morgan fingerprint density at radius 2 is 1.50 bits per heavy atom. The number of ether oxygens (including phenoxy) is 2. The van der Waals surface area contributed by atoms with Crippen LogP contribution in [0.4, 0.5) is 4.79 Å². The third-order valence-electron chi connectivity index (χ3n) is 3.88. The van der Waals surface area contributed by atoms with Gasteiger partial charge in [-0.2, -0.15) is 0 Å². The van der Waals surface area contributed by atoms with Crippen molar-refractivity contribution in [3.63, 3.8) is 0 Å². The predicted octanol–water partition coefficient (Wildman–Crippen LogP) is 1.77. The Balaban J connectivity index is 2.15. The monoisotopic (exact) mass is 357 g/mol. The van der Waals surface area contributed by atoms with Crippen LogP contribution in [0.1, 0.15) is 17.2 Å². The standard InChI is InChI=1S/C19H23N3O4/c1-25-15-7-3-13(4-8-15)11-17(22-18(23)12-21-19(20)24)14-5-9-16(26-2)10-6-14/h3-10,17H,11-12H2,1-2H3,(H,22,23)(H3,20,21,24)/t17-/m1/s1. The first-order chi connectivity index (χ1) is 12.5. The van der Waals surface area contributed by atoms with Crippen LogP contribution in [0.5, 0.6) is 11.5 Å². The lowest BCUT2D eigenvalue weighted by atomic mass is 9.98. The molecule has 0 fully saturated rings. The van der Waals surface area contributed by atoms with Crippen molar-refractivity contribution in [3.05, 3.63) is 59.7 Å². The topological polar surface area (TPSA) is 103 Å². The van der Waals surface area contributed by atoms with Gasteiger partial charge in [-0.3, -0.25) is 4.79 Å². The largest absolute Gasteiger partial charge is 0.497 e. The molecular weight excluding hydrogens is 334 g/mol. The van der Waals surface area contributed by atoms with Crippen molar-refractivity contribution in [2.45, 2.75) is 12.5 Å². The third-order valence-corrected chi connectivity index (χ3v) is 3.88. The van der Waals surface area contributed by atoms with E-state index < -0.39 is 6.03 Å². The molecule has 0 aliphatic carbocycles. The zero-order valence-electron chi connectivity index (χ0n) is 14.8. The summed E-state index contributed by atoms with van der Waals surface area (Å²) >= 11 is 0. The number of carbonyl (C=O) groups is 2. The number of nitrogens with two attached hydrogens (primary N) is 1. The second kappa shape index (κ2) is 9.31. The van der Waals surface area contributed by atoms with Crippen LogP contribution < -0.4 is 25.8 Å². The van der Waals surface area contributed by atoms with Crippen molar-refractivity contribution in [1.82, 2.24) is 10.6 Å². The van der Waals surface area contributed by atoms with Crippen molar-refractivity contribution in [2.24, 2.45) is 5.73 Å². The van der Waals surface area contributed by atoms with Crippen molar-refractivity contribution in [3.8, 4) is 11.5 Å². The second-order valence-corrected chi connectivity index (χ2v) is 5.66. The number of primary amides is 1. The number of nitrogens with one attached hydrogen (secondary N) is 2. The minimum absolute atomic E-state index is 0.176. The van der Waals surface area contributed by atoms with Gasteiger partial charge in [0.1, 0.15) is 11.5 Å². The van der Waals surface area contributed by atoms with E-state index in [9.17, 15) is 9.59 Å². The summed E-state index contributed by atoms with van der Waals surface area (Å²) in [5.74, 6) is 1.18. The Morgan fingerprint density at radius 1 is 0.962 bits per heavy atom.